The smallest absolute Gasteiger partial charge is 0.348 e. The van der Waals surface area contributed by atoms with Crippen molar-refractivity contribution < 1.29 is 14.3 Å². The fourth-order valence-corrected chi connectivity index (χ4v) is 3.02. The van der Waals surface area contributed by atoms with Crippen molar-refractivity contribution in [2.24, 2.45) is 0 Å². The van der Waals surface area contributed by atoms with Crippen LogP contribution in [0, 0.1) is 0 Å². The van der Waals surface area contributed by atoms with E-state index in [2.05, 4.69) is 17.0 Å². The van der Waals surface area contributed by atoms with E-state index >= 15 is 0 Å². The minimum absolute atomic E-state index is 0.0256. The second kappa shape index (κ2) is 7.75. The van der Waals surface area contributed by atoms with Crippen molar-refractivity contribution in [3.63, 3.8) is 0 Å². The Hall–Kier alpha value is -2.14. The Bertz CT molecular complexity index is 636. The molecule has 1 aromatic carbocycles. The summed E-state index contributed by atoms with van der Waals surface area (Å²) in [6.07, 6.45) is 1.84. The third-order valence-corrected chi connectivity index (χ3v) is 4.37. The zero-order valence-electron chi connectivity index (χ0n) is 12.7. The number of methoxy groups -OCH3 is 1. The molecule has 0 unspecified atom stereocenters. The van der Waals surface area contributed by atoms with E-state index in [1.165, 1.54) is 7.11 Å². The molecule has 4 nitrogen and oxygen atoms in total. The quantitative estimate of drug-likeness (QED) is 0.824. The predicted molar refractivity (Wildman–Crippen MR) is 87.2 cm³/mol. The largest absolute Gasteiger partial charge is 0.465 e. The van der Waals surface area contributed by atoms with E-state index in [9.17, 15) is 9.59 Å². The molecule has 1 N–H and O–H groups in total. The standard InChI is InChI=1S/C17H19NO3S/c1-3-7-13(12-8-5-4-6-9-12)18-16(19)14-10-11-15(22-14)17(20)21-2/h4-6,8-11,13H,3,7H2,1-2H3,(H,18,19)/t13-/m0/s1. The molecule has 0 bridgehead atoms. The zero-order chi connectivity index (χ0) is 15.9. The molecule has 5 heteroatoms. The molecule has 1 heterocycles. The fraction of sp³-hybridized carbons (Fsp3) is 0.294. The molecule has 0 fully saturated rings. The molecule has 0 saturated carbocycles. The van der Waals surface area contributed by atoms with Gasteiger partial charge in [0, 0.05) is 0 Å². The van der Waals surface area contributed by atoms with Gasteiger partial charge in [0.05, 0.1) is 18.0 Å². The van der Waals surface area contributed by atoms with Crippen molar-refractivity contribution in [3.8, 4) is 0 Å². The van der Waals surface area contributed by atoms with Gasteiger partial charge < -0.3 is 10.1 Å². The summed E-state index contributed by atoms with van der Waals surface area (Å²) in [4.78, 5) is 24.8. The van der Waals surface area contributed by atoms with Gasteiger partial charge in [0.1, 0.15) is 4.88 Å². The summed E-state index contributed by atoms with van der Waals surface area (Å²) >= 11 is 1.14. The highest BCUT2D eigenvalue weighted by atomic mass is 32.1. The van der Waals surface area contributed by atoms with E-state index in [0.717, 1.165) is 29.7 Å². The molecule has 0 saturated heterocycles. The normalized spacial score (nSPS) is 11.7. The molecule has 0 aliphatic rings. The summed E-state index contributed by atoms with van der Waals surface area (Å²) in [5.74, 6) is -0.584. The summed E-state index contributed by atoms with van der Waals surface area (Å²) in [6.45, 7) is 2.09. The summed E-state index contributed by atoms with van der Waals surface area (Å²) < 4.78 is 4.66. The Balaban J connectivity index is 2.11. The van der Waals surface area contributed by atoms with Crippen LogP contribution in [0.4, 0.5) is 0 Å². The maximum absolute atomic E-state index is 12.4. The van der Waals surface area contributed by atoms with Gasteiger partial charge in [0.2, 0.25) is 0 Å². The van der Waals surface area contributed by atoms with E-state index in [-0.39, 0.29) is 11.9 Å². The van der Waals surface area contributed by atoms with Crippen LogP contribution in [0.2, 0.25) is 0 Å². The SMILES string of the molecule is CCC[C@H](NC(=O)c1ccc(C(=O)OC)s1)c1ccccc1. The first kappa shape index (κ1) is 16.2. The summed E-state index contributed by atoms with van der Waals surface area (Å²) in [6, 6.07) is 13.1. The van der Waals surface area contributed by atoms with Gasteiger partial charge in [-0.15, -0.1) is 11.3 Å². The van der Waals surface area contributed by atoms with Crippen LogP contribution >= 0.6 is 11.3 Å². The monoisotopic (exact) mass is 317 g/mol. The van der Waals surface area contributed by atoms with Crippen LogP contribution < -0.4 is 5.32 Å². The van der Waals surface area contributed by atoms with Gasteiger partial charge in [-0.2, -0.15) is 0 Å². The molecule has 0 aliphatic carbocycles. The highest BCUT2D eigenvalue weighted by Crippen LogP contribution is 2.21. The van der Waals surface area contributed by atoms with Crippen LogP contribution in [0.1, 0.15) is 50.7 Å². The number of rotatable bonds is 6. The highest BCUT2D eigenvalue weighted by Gasteiger charge is 2.18. The van der Waals surface area contributed by atoms with Crippen LogP contribution in [0.15, 0.2) is 42.5 Å². The number of ether oxygens (including phenoxy) is 1. The van der Waals surface area contributed by atoms with Crippen molar-refractivity contribution in [3.05, 3.63) is 57.8 Å². The first-order valence-corrected chi connectivity index (χ1v) is 8.01. The van der Waals surface area contributed by atoms with Gasteiger partial charge in [-0.25, -0.2) is 4.79 Å². The van der Waals surface area contributed by atoms with Gasteiger partial charge in [-0.05, 0) is 24.1 Å². The van der Waals surface area contributed by atoms with Crippen molar-refractivity contribution >= 4 is 23.2 Å². The summed E-state index contributed by atoms with van der Waals surface area (Å²) in [5.41, 5.74) is 1.09. The topological polar surface area (TPSA) is 55.4 Å². The molecule has 2 aromatic rings. The lowest BCUT2D eigenvalue weighted by Gasteiger charge is -2.18. The Morgan fingerprint density at radius 1 is 1.14 bits per heavy atom. The van der Waals surface area contributed by atoms with Gasteiger partial charge >= 0.3 is 5.97 Å². The molecule has 1 aromatic heterocycles. The van der Waals surface area contributed by atoms with Gasteiger partial charge in [-0.1, -0.05) is 43.7 Å². The Labute approximate surface area is 134 Å². The van der Waals surface area contributed by atoms with Crippen molar-refractivity contribution in [2.45, 2.75) is 25.8 Å². The third-order valence-electron chi connectivity index (χ3n) is 3.30. The fourth-order valence-electron chi connectivity index (χ4n) is 2.20. The van der Waals surface area contributed by atoms with Gasteiger partial charge in [-0.3, -0.25) is 4.79 Å². The maximum atomic E-state index is 12.4. The molecule has 0 spiro atoms. The van der Waals surface area contributed by atoms with Crippen LogP contribution in [-0.4, -0.2) is 19.0 Å². The molecule has 1 amide bonds. The van der Waals surface area contributed by atoms with E-state index in [1.807, 2.05) is 30.3 Å². The Kier molecular flexibility index (Phi) is 5.72. The Morgan fingerprint density at radius 3 is 2.45 bits per heavy atom. The molecule has 0 radical (unpaired) electrons. The van der Waals surface area contributed by atoms with Gasteiger partial charge in [0.25, 0.3) is 5.91 Å². The third kappa shape index (κ3) is 3.95. The second-order valence-electron chi connectivity index (χ2n) is 4.88. The number of hydrogen-bond donors (Lipinski definition) is 1. The van der Waals surface area contributed by atoms with Crippen molar-refractivity contribution in [1.82, 2.24) is 5.32 Å². The van der Waals surface area contributed by atoms with Crippen LogP contribution in [0.5, 0.6) is 0 Å². The average molecular weight is 317 g/mol. The molecule has 1 atom stereocenters. The lowest BCUT2D eigenvalue weighted by Crippen LogP contribution is -2.27. The number of hydrogen-bond acceptors (Lipinski definition) is 4. The van der Waals surface area contributed by atoms with Crippen LogP contribution in [0.25, 0.3) is 0 Å². The van der Waals surface area contributed by atoms with Crippen molar-refractivity contribution in [1.29, 1.82) is 0 Å². The van der Waals surface area contributed by atoms with Crippen LogP contribution in [-0.2, 0) is 4.74 Å². The average Bonchev–Trinajstić information content (AvgIpc) is 3.04. The maximum Gasteiger partial charge on any atom is 0.348 e. The number of thiophene rings is 1. The van der Waals surface area contributed by atoms with E-state index in [4.69, 9.17) is 0 Å². The van der Waals surface area contributed by atoms with Crippen molar-refractivity contribution in [2.75, 3.05) is 7.11 Å². The second-order valence-corrected chi connectivity index (χ2v) is 5.96. The first-order chi connectivity index (χ1) is 10.7. The molecular weight excluding hydrogens is 298 g/mol. The molecule has 22 heavy (non-hydrogen) atoms. The van der Waals surface area contributed by atoms with Gasteiger partial charge in [0.15, 0.2) is 0 Å². The molecule has 116 valence electrons. The minimum Gasteiger partial charge on any atom is -0.465 e. The molecule has 2 rings (SSSR count). The molecular formula is C17H19NO3S. The van der Waals surface area contributed by atoms with E-state index < -0.39 is 5.97 Å². The first-order valence-electron chi connectivity index (χ1n) is 7.19. The summed E-state index contributed by atoms with van der Waals surface area (Å²) in [5, 5.41) is 3.04. The number of carbonyl (C=O) groups excluding carboxylic acids is 2. The highest BCUT2D eigenvalue weighted by molar-refractivity contribution is 7.15. The lowest BCUT2D eigenvalue weighted by atomic mass is 10.0. The number of amides is 1. The van der Waals surface area contributed by atoms with E-state index in [0.29, 0.717) is 9.75 Å². The number of nitrogens with one attached hydrogen (secondary N) is 1. The summed E-state index contributed by atoms with van der Waals surface area (Å²) in [7, 11) is 1.33. The van der Waals surface area contributed by atoms with Crippen LogP contribution in [0.3, 0.4) is 0 Å². The lowest BCUT2D eigenvalue weighted by molar-refractivity contribution is 0.0606. The number of benzene rings is 1. The molecule has 0 aliphatic heterocycles. The predicted octanol–water partition coefficient (Wildman–Crippen LogP) is 3.81. The minimum atomic E-state index is -0.419. The number of esters is 1. The Morgan fingerprint density at radius 2 is 1.82 bits per heavy atom. The number of carbonyl (C=O) groups is 2. The zero-order valence-corrected chi connectivity index (χ0v) is 13.5. The van der Waals surface area contributed by atoms with E-state index in [1.54, 1.807) is 12.1 Å².